The molecule has 1 aliphatic heterocycles. The van der Waals surface area contributed by atoms with E-state index in [1.54, 1.807) is 36.4 Å². The number of imidazole rings is 1. The summed E-state index contributed by atoms with van der Waals surface area (Å²) >= 11 is 6.11. The second kappa shape index (κ2) is 5.96. The van der Waals surface area contributed by atoms with Gasteiger partial charge >= 0.3 is 11.7 Å². The predicted octanol–water partition coefficient (Wildman–Crippen LogP) is 3.01. The molecule has 2 aromatic carbocycles. The molecule has 0 saturated heterocycles. The van der Waals surface area contributed by atoms with E-state index in [1.165, 1.54) is 10.6 Å². The summed E-state index contributed by atoms with van der Waals surface area (Å²) < 4.78 is 15.6. The molecule has 0 atom stereocenters. The van der Waals surface area contributed by atoms with Gasteiger partial charge in [0.1, 0.15) is 5.82 Å². The van der Waals surface area contributed by atoms with Gasteiger partial charge in [-0.05, 0) is 30.3 Å². The number of aromatic carboxylic acids is 1. The van der Waals surface area contributed by atoms with Gasteiger partial charge in [-0.2, -0.15) is 0 Å². The van der Waals surface area contributed by atoms with Crippen LogP contribution in [0.25, 0.3) is 5.69 Å². The maximum Gasteiger partial charge on any atom is 0.354 e. The average Bonchev–Trinajstić information content (AvgIpc) is 2.84. The zero-order chi connectivity index (χ0) is 18.4. The van der Waals surface area contributed by atoms with E-state index >= 15 is 0 Å². The van der Waals surface area contributed by atoms with Gasteiger partial charge in [0, 0.05) is 16.1 Å². The molecule has 0 unspecified atom stereocenters. The Labute approximate surface area is 151 Å². The maximum atomic E-state index is 14.4. The number of aromatic nitrogens is 2. The highest BCUT2D eigenvalue weighted by Crippen LogP contribution is 2.28. The van der Waals surface area contributed by atoms with E-state index in [0.29, 0.717) is 22.0 Å². The number of hydrogen-bond acceptors (Lipinski definition) is 3. The predicted molar refractivity (Wildman–Crippen MR) is 94.1 cm³/mol. The van der Waals surface area contributed by atoms with Gasteiger partial charge in [0.15, 0.2) is 5.69 Å². The van der Waals surface area contributed by atoms with E-state index in [-0.39, 0.29) is 23.5 Å². The van der Waals surface area contributed by atoms with Gasteiger partial charge in [0.25, 0.3) is 0 Å². The van der Waals surface area contributed by atoms with Crippen molar-refractivity contribution in [3.8, 4) is 5.69 Å². The molecule has 130 valence electrons. The highest BCUT2D eigenvalue weighted by Gasteiger charge is 2.27. The second-order valence-corrected chi connectivity index (χ2v) is 6.13. The van der Waals surface area contributed by atoms with Crippen molar-refractivity contribution in [2.75, 3.05) is 0 Å². The normalized spacial score (nSPS) is 12.8. The fraction of sp³-hybridized carbons (Fsp3) is 0.0556. The molecule has 0 aliphatic carbocycles. The van der Waals surface area contributed by atoms with Crippen LogP contribution in [-0.2, 0) is 6.54 Å². The topological polar surface area (TPSA) is 87.5 Å². The Morgan fingerprint density at radius 1 is 1.23 bits per heavy atom. The quantitative estimate of drug-likeness (QED) is 0.726. The minimum Gasteiger partial charge on any atom is -0.477 e. The van der Waals surface area contributed by atoms with Crippen molar-refractivity contribution in [2.45, 2.75) is 6.54 Å². The van der Waals surface area contributed by atoms with Crippen LogP contribution in [0, 0.1) is 5.82 Å². The third kappa shape index (κ3) is 2.44. The third-order valence-electron chi connectivity index (χ3n) is 4.18. The number of nitrogens with one attached hydrogen (secondary N) is 1. The summed E-state index contributed by atoms with van der Waals surface area (Å²) in [6, 6.07) is 10.9. The van der Waals surface area contributed by atoms with Crippen LogP contribution in [0.2, 0.25) is 5.02 Å². The van der Waals surface area contributed by atoms with E-state index in [0.717, 1.165) is 0 Å². The van der Waals surface area contributed by atoms with Crippen molar-refractivity contribution in [1.29, 1.82) is 0 Å². The summed E-state index contributed by atoms with van der Waals surface area (Å²) in [7, 11) is 0. The molecular weight excluding hydrogens is 361 g/mol. The van der Waals surface area contributed by atoms with Crippen molar-refractivity contribution in [2.24, 2.45) is 4.99 Å². The van der Waals surface area contributed by atoms with Gasteiger partial charge in [-0.3, -0.25) is 14.5 Å². The van der Waals surface area contributed by atoms with Gasteiger partial charge in [-0.15, -0.1) is 0 Å². The number of halogens is 2. The Morgan fingerprint density at radius 2 is 2.00 bits per heavy atom. The van der Waals surface area contributed by atoms with Crippen LogP contribution in [0.4, 0.5) is 4.39 Å². The molecule has 1 aliphatic rings. The van der Waals surface area contributed by atoms with Crippen molar-refractivity contribution < 1.29 is 14.3 Å². The number of carboxylic acids is 1. The SMILES string of the molecule is O=C(O)c1[nH]c(=O)n2c1CN=C(c1ccccc1F)c1cc(Cl)ccc1-2. The van der Waals surface area contributed by atoms with Crippen LogP contribution in [0.5, 0.6) is 0 Å². The van der Waals surface area contributed by atoms with Crippen LogP contribution < -0.4 is 5.69 Å². The number of rotatable bonds is 2. The van der Waals surface area contributed by atoms with Crippen molar-refractivity contribution in [3.05, 3.63) is 86.3 Å². The van der Waals surface area contributed by atoms with Crippen molar-refractivity contribution in [1.82, 2.24) is 9.55 Å². The van der Waals surface area contributed by atoms with Gasteiger partial charge in [0.05, 0.1) is 23.6 Å². The number of nitrogens with zero attached hydrogens (tertiary/aromatic N) is 2. The highest BCUT2D eigenvalue weighted by atomic mass is 35.5. The minimum absolute atomic E-state index is 0.101. The van der Waals surface area contributed by atoms with E-state index in [4.69, 9.17) is 11.6 Å². The number of benzene rings is 2. The van der Waals surface area contributed by atoms with Crippen LogP contribution in [-0.4, -0.2) is 26.3 Å². The lowest BCUT2D eigenvalue weighted by Crippen LogP contribution is -2.18. The minimum atomic E-state index is -1.27. The van der Waals surface area contributed by atoms with E-state index in [9.17, 15) is 19.1 Å². The van der Waals surface area contributed by atoms with Crippen molar-refractivity contribution in [3.63, 3.8) is 0 Å². The summed E-state index contributed by atoms with van der Waals surface area (Å²) in [6.45, 7) is -0.101. The lowest BCUT2D eigenvalue weighted by molar-refractivity contribution is 0.0689. The zero-order valence-electron chi connectivity index (χ0n) is 13.2. The third-order valence-corrected chi connectivity index (χ3v) is 4.41. The van der Waals surface area contributed by atoms with Crippen LogP contribution in [0.1, 0.15) is 27.3 Å². The smallest absolute Gasteiger partial charge is 0.354 e. The standard InChI is InChI=1S/C18H11ClFN3O3/c19-9-5-6-13-11(7-9)15(10-3-1-2-4-12(10)20)21-8-14-16(17(24)25)22-18(26)23(13)14/h1-7H,8H2,(H,22,26)(H,24,25). The Hall–Kier alpha value is -3.19. The summed E-state index contributed by atoms with van der Waals surface area (Å²) in [5, 5.41) is 9.74. The van der Waals surface area contributed by atoms with E-state index in [2.05, 4.69) is 9.98 Å². The summed E-state index contributed by atoms with van der Waals surface area (Å²) in [4.78, 5) is 30.6. The highest BCUT2D eigenvalue weighted by molar-refractivity contribution is 6.31. The molecule has 26 heavy (non-hydrogen) atoms. The number of aliphatic imine (C=N–C) groups is 1. The van der Waals surface area contributed by atoms with E-state index in [1.807, 2.05) is 0 Å². The molecule has 2 heterocycles. The fourth-order valence-electron chi connectivity index (χ4n) is 3.07. The average molecular weight is 372 g/mol. The molecule has 0 saturated carbocycles. The number of hydrogen-bond donors (Lipinski definition) is 2. The first-order valence-electron chi connectivity index (χ1n) is 7.64. The maximum absolute atomic E-state index is 14.4. The fourth-order valence-corrected chi connectivity index (χ4v) is 3.24. The number of carboxylic acid groups (broad SMARTS) is 1. The monoisotopic (exact) mass is 371 g/mol. The Balaban J connectivity index is 2.07. The number of H-pyrrole nitrogens is 1. The Bertz CT molecular complexity index is 1150. The van der Waals surface area contributed by atoms with E-state index < -0.39 is 17.5 Å². The van der Waals surface area contributed by atoms with Crippen LogP contribution >= 0.6 is 11.6 Å². The molecule has 0 radical (unpaired) electrons. The summed E-state index contributed by atoms with van der Waals surface area (Å²) in [5.74, 6) is -1.74. The molecule has 1 aromatic heterocycles. The summed E-state index contributed by atoms with van der Waals surface area (Å²) in [5.41, 5.74) is 0.727. The largest absolute Gasteiger partial charge is 0.477 e. The zero-order valence-corrected chi connectivity index (χ0v) is 13.9. The molecule has 2 N–H and O–H groups in total. The first-order valence-corrected chi connectivity index (χ1v) is 8.02. The van der Waals surface area contributed by atoms with Gasteiger partial charge in [-0.25, -0.2) is 14.0 Å². The molecule has 6 nitrogen and oxygen atoms in total. The molecule has 0 spiro atoms. The molecule has 0 amide bonds. The van der Waals surface area contributed by atoms with Crippen LogP contribution in [0.15, 0.2) is 52.3 Å². The Kier molecular flexibility index (Phi) is 3.73. The molecule has 3 aromatic rings. The number of fused-ring (bicyclic) bond motifs is 3. The van der Waals surface area contributed by atoms with Gasteiger partial charge < -0.3 is 5.11 Å². The molecule has 4 rings (SSSR count). The lowest BCUT2D eigenvalue weighted by Gasteiger charge is -2.12. The summed E-state index contributed by atoms with van der Waals surface area (Å²) in [6.07, 6.45) is 0. The lowest BCUT2D eigenvalue weighted by atomic mass is 10.00. The molecular formula is C18H11ClFN3O3. The molecule has 8 heteroatoms. The number of carbonyl (C=O) groups is 1. The Morgan fingerprint density at radius 3 is 2.73 bits per heavy atom. The van der Waals surface area contributed by atoms with Gasteiger partial charge in [0.2, 0.25) is 0 Å². The van der Waals surface area contributed by atoms with Gasteiger partial charge in [-0.1, -0.05) is 23.7 Å². The first kappa shape index (κ1) is 16.3. The first-order chi connectivity index (χ1) is 12.5. The second-order valence-electron chi connectivity index (χ2n) is 5.70. The van der Waals surface area contributed by atoms with Crippen LogP contribution in [0.3, 0.4) is 0 Å². The number of aromatic amines is 1. The molecule has 0 fully saturated rings. The van der Waals surface area contributed by atoms with Crippen molar-refractivity contribution >= 4 is 23.3 Å². The molecule has 0 bridgehead atoms.